The predicted octanol–water partition coefficient (Wildman–Crippen LogP) is 3.46. The lowest BCUT2D eigenvalue weighted by Crippen LogP contribution is -2.47. The first-order valence-corrected chi connectivity index (χ1v) is 8.62. The predicted molar refractivity (Wildman–Crippen MR) is 94.1 cm³/mol. The molecule has 0 aromatic heterocycles. The number of rotatable bonds is 3. The van der Waals surface area contributed by atoms with E-state index in [9.17, 15) is 14.4 Å². The van der Waals surface area contributed by atoms with Crippen LogP contribution in [0, 0.1) is 5.92 Å². The maximum absolute atomic E-state index is 12.1. The third kappa shape index (κ3) is 7.75. The highest BCUT2D eigenvalue weighted by Gasteiger charge is 2.39. The Hall–Kier alpha value is -1.79. The molecule has 1 aliphatic rings. The Morgan fingerprint density at radius 2 is 1.56 bits per heavy atom. The van der Waals surface area contributed by atoms with Gasteiger partial charge in [0.05, 0.1) is 0 Å². The van der Waals surface area contributed by atoms with Crippen LogP contribution in [0.2, 0.25) is 0 Å². The van der Waals surface area contributed by atoms with Crippen LogP contribution >= 0.6 is 0 Å². The number of nitrogens with one attached hydrogen (secondary N) is 1. The van der Waals surface area contributed by atoms with E-state index in [4.69, 9.17) is 9.47 Å². The number of nitrogens with zero attached hydrogens (tertiary/aromatic N) is 1. The molecule has 0 radical (unpaired) electrons. The topological polar surface area (TPSA) is 84.9 Å². The van der Waals surface area contributed by atoms with Gasteiger partial charge in [0.15, 0.2) is 0 Å². The smallest absolute Gasteiger partial charge is 0.417 e. The molecule has 0 spiro atoms. The molecule has 1 fully saturated rings. The minimum Gasteiger partial charge on any atom is -0.444 e. The maximum atomic E-state index is 12.1. The molecule has 0 aliphatic carbocycles. The Labute approximate surface area is 150 Å². The van der Waals surface area contributed by atoms with Crippen LogP contribution in [-0.2, 0) is 14.3 Å². The average molecular weight is 356 g/mol. The van der Waals surface area contributed by atoms with Gasteiger partial charge >= 0.3 is 12.2 Å². The Kier molecular flexibility index (Phi) is 6.13. The molecule has 1 atom stereocenters. The van der Waals surface area contributed by atoms with Crippen molar-refractivity contribution in [3.8, 4) is 0 Å². The highest BCUT2D eigenvalue weighted by Crippen LogP contribution is 2.28. The number of amides is 3. The summed E-state index contributed by atoms with van der Waals surface area (Å²) in [5, 5.41) is 2.83. The van der Waals surface area contributed by atoms with Crippen LogP contribution in [0.4, 0.5) is 9.59 Å². The number of carbonyl (C=O) groups is 3. The van der Waals surface area contributed by atoms with Gasteiger partial charge in [0.2, 0.25) is 5.91 Å². The van der Waals surface area contributed by atoms with Gasteiger partial charge in [-0.3, -0.25) is 4.79 Å². The monoisotopic (exact) mass is 356 g/mol. The summed E-state index contributed by atoms with van der Waals surface area (Å²) in [6, 6.07) is 0. The minimum absolute atomic E-state index is 0.0371. The summed E-state index contributed by atoms with van der Waals surface area (Å²) in [6.07, 6.45) is -0.292. The second-order valence-electron chi connectivity index (χ2n) is 9.27. The van der Waals surface area contributed by atoms with E-state index in [1.165, 1.54) is 0 Å². The molecule has 7 nitrogen and oxygen atoms in total. The van der Waals surface area contributed by atoms with Crippen molar-refractivity contribution in [2.75, 3.05) is 6.54 Å². The molecule has 0 aromatic carbocycles. The Balaban J connectivity index is 2.61. The zero-order valence-electron chi connectivity index (χ0n) is 16.7. The fourth-order valence-electron chi connectivity index (χ4n) is 2.76. The van der Waals surface area contributed by atoms with Crippen molar-refractivity contribution >= 4 is 18.1 Å². The zero-order valence-corrected chi connectivity index (χ0v) is 16.7. The van der Waals surface area contributed by atoms with E-state index >= 15 is 0 Å². The van der Waals surface area contributed by atoms with Crippen LogP contribution < -0.4 is 5.32 Å². The maximum Gasteiger partial charge on any atom is 0.417 e. The van der Waals surface area contributed by atoms with E-state index in [0.29, 0.717) is 13.0 Å². The molecule has 25 heavy (non-hydrogen) atoms. The van der Waals surface area contributed by atoms with Crippen molar-refractivity contribution in [2.24, 2.45) is 5.92 Å². The summed E-state index contributed by atoms with van der Waals surface area (Å²) < 4.78 is 10.5. The van der Waals surface area contributed by atoms with E-state index in [2.05, 4.69) is 5.32 Å². The summed E-state index contributed by atoms with van der Waals surface area (Å²) >= 11 is 0. The molecule has 3 amide bonds. The van der Waals surface area contributed by atoms with Crippen molar-refractivity contribution in [1.29, 1.82) is 0 Å². The number of hydrogen-bond donors (Lipinski definition) is 1. The van der Waals surface area contributed by atoms with Crippen molar-refractivity contribution < 1.29 is 23.9 Å². The Morgan fingerprint density at radius 3 is 2.04 bits per heavy atom. The minimum atomic E-state index is -0.646. The third-order valence-corrected chi connectivity index (χ3v) is 3.46. The molecule has 1 aliphatic heterocycles. The average Bonchev–Trinajstić information content (AvgIpc) is 2.62. The number of imide groups is 1. The second-order valence-corrected chi connectivity index (χ2v) is 9.27. The van der Waals surface area contributed by atoms with Crippen LogP contribution in [0.5, 0.6) is 0 Å². The quantitative estimate of drug-likeness (QED) is 0.837. The first kappa shape index (κ1) is 21.3. The third-order valence-electron chi connectivity index (χ3n) is 3.46. The van der Waals surface area contributed by atoms with Gasteiger partial charge in [-0.05, 0) is 67.7 Å². The van der Waals surface area contributed by atoms with Crippen LogP contribution in [0.25, 0.3) is 0 Å². The van der Waals surface area contributed by atoms with Gasteiger partial charge in [0, 0.05) is 18.5 Å². The Morgan fingerprint density at radius 1 is 1.04 bits per heavy atom. The second kappa shape index (κ2) is 7.22. The molecule has 0 bridgehead atoms. The first-order valence-electron chi connectivity index (χ1n) is 8.62. The van der Waals surface area contributed by atoms with Gasteiger partial charge in [-0.2, -0.15) is 0 Å². The largest absolute Gasteiger partial charge is 0.444 e. The molecule has 144 valence electrons. The summed E-state index contributed by atoms with van der Waals surface area (Å²) in [4.78, 5) is 37.3. The van der Waals surface area contributed by atoms with E-state index in [-0.39, 0.29) is 18.2 Å². The highest BCUT2D eigenvalue weighted by molar-refractivity contribution is 5.93. The fourth-order valence-corrected chi connectivity index (χ4v) is 2.76. The van der Waals surface area contributed by atoms with Gasteiger partial charge in [-0.25, -0.2) is 14.5 Å². The van der Waals surface area contributed by atoms with Gasteiger partial charge in [-0.1, -0.05) is 0 Å². The Bertz CT molecular complexity index is 529. The number of likely N-dealkylation sites (tertiary alicyclic amines) is 1. The first-order chi connectivity index (χ1) is 11.1. The molecule has 0 saturated carbocycles. The van der Waals surface area contributed by atoms with E-state index < -0.39 is 28.9 Å². The summed E-state index contributed by atoms with van der Waals surface area (Å²) in [5.41, 5.74) is -1.78. The molecular weight excluding hydrogens is 324 g/mol. The molecule has 1 rings (SSSR count). The van der Waals surface area contributed by atoms with Crippen molar-refractivity contribution in [3.63, 3.8) is 0 Å². The number of hydrogen-bond acceptors (Lipinski definition) is 5. The van der Waals surface area contributed by atoms with E-state index in [1.54, 1.807) is 41.5 Å². The molecule has 7 heteroatoms. The standard InChI is InChI=1S/C18H32N2O5/c1-16(2,3)24-14(22)19-18(7,8)10-12-9-13(21)20(11-12)15(23)25-17(4,5)6/h12H,9-11H2,1-8H3,(H,19,22)/t12-/m0/s1. The van der Waals surface area contributed by atoms with Gasteiger partial charge in [-0.15, -0.1) is 0 Å². The van der Waals surface area contributed by atoms with E-state index in [1.807, 2.05) is 13.8 Å². The normalized spacial score (nSPS) is 19.0. The SMILES string of the molecule is CC(C)(C[C@@H]1CC(=O)N(C(=O)OC(C)(C)C)C1)NC(=O)OC(C)(C)C. The highest BCUT2D eigenvalue weighted by atomic mass is 16.6. The molecule has 1 N–H and O–H groups in total. The fraction of sp³-hybridized carbons (Fsp3) is 0.833. The van der Waals surface area contributed by atoms with Crippen LogP contribution in [0.1, 0.15) is 68.2 Å². The molecule has 1 saturated heterocycles. The molecule has 0 aromatic rings. The number of carbonyl (C=O) groups excluding carboxylic acids is 3. The van der Waals surface area contributed by atoms with Crippen molar-refractivity contribution in [1.82, 2.24) is 10.2 Å². The number of alkyl carbamates (subject to hydrolysis) is 1. The molecule has 0 unspecified atom stereocenters. The number of ether oxygens (including phenoxy) is 2. The summed E-state index contributed by atoms with van der Waals surface area (Å²) in [5.74, 6) is -0.280. The van der Waals surface area contributed by atoms with Gasteiger partial charge in [0.25, 0.3) is 0 Å². The summed E-state index contributed by atoms with van der Waals surface area (Å²) in [7, 11) is 0. The van der Waals surface area contributed by atoms with Gasteiger partial charge in [0.1, 0.15) is 11.2 Å². The van der Waals surface area contributed by atoms with E-state index in [0.717, 1.165) is 4.90 Å². The lowest BCUT2D eigenvalue weighted by Gasteiger charge is -2.30. The lowest BCUT2D eigenvalue weighted by atomic mass is 9.90. The van der Waals surface area contributed by atoms with Crippen molar-refractivity contribution in [3.05, 3.63) is 0 Å². The van der Waals surface area contributed by atoms with Crippen LogP contribution in [0.3, 0.4) is 0 Å². The van der Waals surface area contributed by atoms with Crippen molar-refractivity contribution in [2.45, 2.75) is 85.0 Å². The summed E-state index contributed by atoms with van der Waals surface area (Å²) in [6.45, 7) is 14.7. The molecule has 1 heterocycles. The van der Waals surface area contributed by atoms with Crippen LogP contribution in [0.15, 0.2) is 0 Å². The van der Waals surface area contributed by atoms with Gasteiger partial charge < -0.3 is 14.8 Å². The zero-order chi connectivity index (χ0) is 19.6. The lowest BCUT2D eigenvalue weighted by molar-refractivity contribution is -0.127. The molecular formula is C18H32N2O5. The van der Waals surface area contributed by atoms with Crippen LogP contribution in [-0.4, -0.2) is 46.3 Å².